The fourth-order valence-electron chi connectivity index (χ4n) is 2.45. The number of hydrogen-bond acceptors (Lipinski definition) is 3. The zero-order valence-corrected chi connectivity index (χ0v) is 11.0. The Bertz CT molecular complexity index is 423. The molecule has 0 aromatic heterocycles. The van der Waals surface area contributed by atoms with Gasteiger partial charge in [-0.2, -0.15) is 0 Å². The third-order valence-electron chi connectivity index (χ3n) is 3.31. The first-order valence-corrected chi connectivity index (χ1v) is 6.34. The van der Waals surface area contributed by atoms with Gasteiger partial charge in [-0.25, -0.2) is 0 Å². The number of nitrogens with two attached hydrogens (primary N) is 1. The van der Waals surface area contributed by atoms with Crippen molar-refractivity contribution in [2.75, 3.05) is 24.6 Å². The first-order valence-electron chi connectivity index (χ1n) is 6.34. The Hall–Kier alpha value is -1.39. The number of rotatable bonds is 3. The zero-order valence-electron chi connectivity index (χ0n) is 11.0. The molecule has 1 aliphatic heterocycles. The molecule has 0 aliphatic carbocycles. The molecule has 2 rings (SSSR count). The fraction of sp³-hybridized carbons (Fsp3) is 0.500. The largest absolute Gasteiger partial charge is 0.366 e. The standard InChI is InChI=1S/C14H20N2O2/c1-10-4-3-5-11(2)13(10)16-8-9-18-12(6-7-15)14(16)17/h3-5,12H,6-9,15H2,1-2H3. The number of aryl methyl sites for hydroxylation is 2. The summed E-state index contributed by atoms with van der Waals surface area (Å²) in [6, 6.07) is 6.07. The van der Waals surface area contributed by atoms with Crippen molar-refractivity contribution in [3.05, 3.63) is 29.3 Å². The Morgan fingerprint density at radius 3 is 2.67 bits per heavy atom. The van der Waals surface area contributed by atoms with Gasteiger partial charge in [0.2, 0.25) is 0 Å². The highest BCUT2D eigenvalue weighted by atomic mass is 16.5. The van der Waals surface area contributed by atoms with Gasteiger partial charge in [0.1, 0.15) is 6.10 Å². The number of carbonyl (C=O) groups is 1. The van der Waals surface area contributed by atoms with Crippen molar-refractivity contribution >= 4 is 11.6 Å². The molecule has 1 heterocycles. The summed E-state index contributed by atoms with van der Waals surface area (Å²) in [7, 11) is 0. The fourth-order valence-corrected chi connectivity index (χ4v) is 2.45. The lowest BCUT2D eigenvalue weighted by Crippen LogP contribution is -2.49. The van der Waals surface area contributed by atoms with E-state index in [1.807, 2.05) is 36.9 Å². The van der Waals surface area contributed by atoms with E-state index in [0.717, 1.165) is 16.8 Å². The van der Waals surface area contributed by atoms with Crippen LogP contribution < -0.4 is 10.6 Å². The third kappa shape index (κ3) is 2.40. The van der Waals surface area contributed by atoms with E-state index in [4.69, 9.17) is 10.5 Å². The van der Waals surface area contributed by atoms with Crippen molar-refractivity contribution in [3.63, 3.8) is 0 Å². The Balaban J connectivity index is 2.29. The summed E-state index contributed by atoms with van der Waals surface area (Å²) in [6.07, 6.45) is 0.197. The lowest BCUT2D eigenvalue weighted by molar-refractivity contribution is -0.134. The van der Waals surface area contributed by atoms with Crippen LogP contribution in [0.2, 0.25) is 0 Å². The Labute approximate surface area is 108 Å². The molecule has 2 N–H and O–H groups in total. The van der Waals surface area contributed by atoms with Crippen LogP contribution in [0.4, 0.5) is 5.69 Å². The number of amides is 1. The lowest BCUT2D eigenvalue weighted by Gasteiger charge is -2.34. The van der Waals surface area contributed by atoms with Crippen LogP contribution in [0.3, 0.4) is 0 Å². The second kappa shape index (κ2) is 5.50. The highest BCUT2D eigenvalue weighted by Crippen LogP contribution is 2.27. The van der Waals surface area contributed by atoms with E-state index in [2.05, 4.69) is 0 Å². The number of morpholine rings is 1. The first kappa shape index (κ1) is 13.1. The molecule has 1 saturated heterocycles. The number of hydrogen-bond donors (Lipinski definition) is 1. The quantitative estimate of drug-likeness (QED) is 0.879. The van der Waals surface area contributed by atoms with Crippen molar-refractivity contribution in [2.24, 2.45) is 5.73 Å². The average molecular weight is 248 g/mol. The molecule has 4 nitrogen and oxygen atoms in total. The summed E-state index contributed by atoms with van der Waals surface area (Å²) in [6.45, 7) is 5.72. The minimum absolute atomic E-state index is 0.0316. The second-order valence-corrected chi connectivity index (χ2v) is 4.67. The van der Waals surface area contributed by atoms with Crippen LogP contribution in [-0.2, 0) is 9.53 Å². The minimum atomic E-state index is -0.386. The molecule has 0 spiro atoms. The van der Waals surface area contributed by atoms with Gasteiger partial charge in [-0.1, -0.05) is 18.2 Å². The van der Waals surface area contributed by atoms with Gasteiger partial charge in [0.25, 0.3) is 5.91 Å². The van der Waals surface area contributed by atoms with Crippen molar-refractivity contribution in [1.29, 1.82) is 0 Å². The van der Waals surface area contributed by atoms with Crippen LogP contribution in [0.5, 0.6) is 0 Å². The smallest absolute Gasteiger partial charge is 0.256 e. The normalized spacial score (nSPS) is 20.3. The van der Waals surface area contributed by atoms with E-state index >= 15 is 0 Å². The molecule has 4 heteroatoms. The van der Waals surface area contributed by atoms with E-state index < -0.39 is 0 Å². The number of ether oxygens (including phenoxy) is 1. The maximum atomic E-state index is 12.4. The highest BCUT2D eigenvalue weighted by molar-refractivity contribution is 5.98. The molecule has 1 aromatic rings. The molecule has 1 aliphatic rings. The van der Waals surface area contributed by atoms with Crippen LogP contribution in [0, 0.1) is 13.8 Å². The predicted octanol–water partition coefficient (Wildman–Crippen LogP) is 1.38. The van der Waals surface area contributed by atoms with Gasteiger partial charge in [0.05, 0.1) is 6.61 Å². The Morgan fingerprint density at radius 2 is 2.06 bits per heavy atom. The lowest BCUT2D eigenvalue weighted by atomic mass is 10.1. The molecule has 18 heavy (non-hydrogen) atoms. The van der Waals surface area contributed by atoms with Crippen molar-refractivity contribution < 1.29 is 9.53 Å². The van der Waals surface area contributed by atoms with Gasteiger partial charge >= 0.3 is 0 Å². The second-order valence-electron chi connectivity index (χ2n) is 4.67. The van der Waals surface area contributed by atoms with E-state index in [0.29, 0.717) is 26.1 Å². The zero-order chi connectivity index (χ0) is 13.1. The average Bonchev–Trinajstić information content (AvgIpc) is 2.33. The van der Waals surface area contributed by atoms with Crippen molar-refractivity contribution in [1.82, 2.24) is 0 Å². The van der Waals surface area contributed by atoms with E-state index in [-0.39, 0.29) is 12.0 Å². The number of anilines is 1. The SMILES string of the molecule is Cc1cccc(C)c1N1CCOC(CCN)C1=O. The van der Waals surface area contributed by atoms with Gasteiger partial charge in [0.15, 0.2) is 0 Å². The van der Waals surface area contributed by atoms with Crippen LogP contribution >= 0.6 is 0 Å². The van der Waals surface area contributed by atoms with E-state index in [1.165, 1.54) is 0 Å². The summed E-state index contributed by atoms with van der Waals surface area (Å²) >= 11 is 0. The summed E-state index contributed by atoms with van der Waals surface area (Å²) in [5.74, 6) is 0.0316. The van der Waals surface area contributed by atoms with E-state index in [1.54, 1.807) is 0 Å². The van der Waals surface area contributed by atoms with E-state index in [9.17, 15) is 4.79 Å². The van der Waals surface area contributed by atoms with Crippen molar-refractivity contribution in [2.45, 2.75) is 26.4 Å². The molecule has 0 saturated carbocycles. The summed E-state index contributed by atoms with van der Waals surface area (Å²) in [4.78, 5) is 14.2. The van der Waals surface area contributed by atoms with Crippen molar-refractivity contribution in [3.8, 4) is 0 Å². The number of para-hydroxylation sites is 1. The third-order valence-corrected chi connectivity index (χ3v) is 3.31. The molecule has 1 fully saturated rings. The van der Waals surface area contributed by atoms with Gasteiger partial charge in [-0.15, -0.1) is 0 Å². The molecular formula is C14H20N2O2. The molecule has 1 aromatic carbocycles. The number of benzene rings is 1. The topological polar surface area (TPSA) is 55.6 Å². The monoisotopic (exact) mass is 248 g/mol. The number of nitrogens with zero attached hydrogens (tertiary/aromatic N) is 1. The predicted molar refractivity (Wildman–Crippen MR) is 71.7 cm³/mol. The summed E-state index contributed by atoms with van der Waals surface area (Å²) in [5.41, 5.74) is 8.78. The molecule has 1 unspecified atom stereocenters. The maximum Gasteiger partial charge on any atom is 0.256 e. The molecular weight excluding hydrogens is 228 g/mol. The highest BCUT2D eigenvalue weighted by Gasteiger charge is 2.31. The van der Waals surface area contributed by atoms with Crippen LogP contribution in [0.15, 0.2) is 18.2 Å². The Kier molecular flexibility index (Phi) is 3.99. The molecule has 98 valence electrons. The molecule has 0 radical (unpaired) electrons. The van der Waals surface area contributed by atoms with Crippen LogP contribution in [0.1, 0.15) is 17.5 Å². The van der Waals surface area contributed by atoms with Gasteiger partial charge in [-0.05, 0) is 37.9 Å². The summed E-state index contributed by atoms with van der Waals surface area (Å²) < 4.78 is 5.49. The molecule has 1 amide bonds. The van der Waals surface area contributed by atoms with Crippen LogP contribution in [0.25, 0.3) is 0 Å². The maximum absolute atomic E-state index is 12.4. The number of carbonyl (C=O) groups excluding carboxylic acids is 1. The summed E-state index contributed by atoms with van der Waals surface area (Å²) in [5, 5.41) is 0. The van der Waals surface area contributed by atoms with Gasteiger partial charge in [0, 0.05) is 12.2 Å². The Morgan fingerprint density at radius 1 is 1.39 bits per heavy atom. The van der Waals surface area contributed by atoms with Gasteiger partial charge < -0.3 is 15.4 Å². The first-order chi connectivity index (χ1) is 8.65. The minimum Gasteiger partial charge on any atom is -0.366 e. The molecule has 1 atom stereocenters. The molecule has 0 bridgehead atoms. The van der Waals surface area contributed by atoms with Gasteiger partial charge in [-0.3, -0.25) is 4.79 Å². The van der Waals surface area contributed by atoms with Crippen LogP contribution in [-0.4, -0.2) is 31.7 Å².